The van der Waals surface area contributed by atoms with Crippen molar-refractivity contribution in [1.29, 1.82) is 0 Å². The molecule has 0 unspecified atom stereocenters. The Morgan fingerprint density at radius 3 is 2.55 bits per heavy atom. The summed E-state index contributed by atoms with van der Waals surface area (Å²) in [6.07, 6.45) is -0.624. The summed E-state index contributed by atoms with van der Waals surface area (Å²) < 4.78 is 0. The van der Waals surface area contributed by atoms with Crippen molar-refractivity contribution in [3.8, 4) is 0 Å². The van der Waals surface area contributed by atoms with E-state index in [1.165, 1.54) is 11.8 Å². The molecule has 2 atom stereocenters. The highest BCUT2D eigenvalue weighted by Gasteiger charge is 2.18. The summed E-state index contributed by atoms with van der Waals surface area (Å²) in [5, 5.41) is 14.3. The number of aliphatic hydroxyl groups is 1. The van der Waals surface area contributed by atoms with Crippen LogP contribution in [0.15, 0.2) is 30.3 Å². The highest BCUT2D eigenvalue weighted by Crippen LogP contribution is 2.21. The SMILES string of the molecule is CCNC(=O)NC(=O)[C@H](C)SC[C@@H](O)c1ccccc1. The number of rotatable bonds is 6. The minimum absolute atomic E-state index is 0.360. The predicted molar refractivity (Wildman–Crippen MR) is 80.5 cm³/mol. The zero-order chi connectivity index (χ0) is 15.0. The van der Waals surface area contributed by atoms with Crippen molar-refractivity contribution in [3.63, 3.8) is 0 Å². The van der Waals surface area contributed by atoms with Gasteiger partial charge in [0.1, 0.15) is 0 Å². The van der Waals surface area contributed by atoms with Crippen LogP contribution in [-0.2, 0) is 4.79 Å². The molecule has 0 heterocycles. The lowest BCUT2D eigenvalue weighted by molar-refractivity contribution is -0.119. The molecule has 0 aliphatic carbocycles. The zero-order valence-corrected chi connectivity index (χ0v) is 12.4. The van der Waals surface area contributed by atoms with Crippen LogP contribution >= 0.6 is 11.8 Å². The number of carbonyl (C=O) groups is 2. The van der Waals surface area contributed by atoms with Gasteiger partial charge in [0.25, 0.3) is 0 Å². The number of hydrogen-bond donors (Lipinski definition) is 3. The first-order valence-electron chi connectivity index (χ1n) is 6.48. The molecule has 3 N–H and O–H groups in total. The van der Waals surface area contributed by atoms with Gasteiger partial charge in [-0.05, 0) is 19.4 Å². The third-order valence-corrected chi connectivity index (χ3v) is 3.85. The van der Waals surface area contributed by atoms with Crippen molar-refractivity contribution < 1.29 is 14.7 Å². The minimum Gasteiger partial charge on any atom is -0.388 e. The highest BCUT2D eigenvalue weighted by atomic mass is 32.2. The standard InChI is InChI=1S/C14H20N2O3S/c1-3-15-14(19)16-13(18)10(2)20-9-12(17)11-7-5-4-6-8-11/h4-8,10,12,17H,3,9H2,1-2H3,(H2,15,16,18,19)/t10-,12+/m0/s1. The molecule has 0 fully saturated rings. The van der Waals surface area contributed by atoms with E-state index in [0.29, 0.717) is 12.3 Å². The fourth-order valence-corrected chi connectivity index (χ4v) is 2.37. The molecule has 0 bridgehead atoms. The lowest BCUT2D eigenvalue weighted by Gasteiger charge is -2.14. The molecule has 5 nitrogen and oxygen atoms in total. The van der Waals surface area contributed by atoms with Gasteiger partial charge in [0.2, 0.25) is 5.91 Å². The number of carbonyl (C=O) groups excluding carboxylic acids is 2. The number of thioether (sulfide) groups is 1. The molecule has 110 valence electrons. The monoisotopic (exact) mass is 296 g/mol. The lowest BCUT2D eigenvalue weighted by atomic mass is 10.1. The average Bonchev–Trinajstić information content (AvgIpc) is 2.45. The van der Waals surface area contributed by atoms with Gasteiger partial charge in [-0.3, -0.25) is 10.1 Å². The van der Waals surface area contributed by atoms with E-state index in [-0.39, 0.29) is 5.91 Å². The first-order valence-corrected chi connectivity index (χ1v) is 7.52. The largest absolute Gasteiger partial charge is 0.388 e. The van der Waals surface area contributed by atoms with Crippen molar-refractivity contribution in [3.05, 3.63) is 35.9 Å². The molecular weight excluding hydrogens is 276 g/mol. The van der Waals surface area contributed by atoms with Crippen LogP contribution in [0.2, 0.25) is 0 Å². The molecule has 0 saturated heterocycles. The summed E-state index contributed by atoms with van der Waals surface area (Å²) in [6.45, 7) is 3.95. The molecule has 6 heteroatoms. The first-order chi connectivity index (χ1) is 9.54. The zero-order valence-electron chi connectivity index (χ0n) is 11.6. The molecule has 1 aromatic rings. The third-order valence-electron chi connectivity index (χ3n) is 2.63. The maximum atomic E-state index is 11.7. The van der Waals surface area contributed by atoms with Crippen LogP contribution in [-0.4, -0.2) is 34.6 Å². The summed E-state index contributed by atoms with van der Waals surface area (Å²) in [7, 11) is 0. The normalized spacial score (nSPS) is 13.3. The molecule has 0 aromatic heterocycles. The molecular formula is C14H20N2O3S. The molecule has 1 aromatic carbocycles. The predicted octanol–water partition coefficient (Wildman–Crippen LogP) is 1.69. The van der Waals surface area contributed by atoms with Gasteiger partial charge in [0.15, 0.2) is 0 Å². The van der Waals surface area contributed by atoms with E-state index >= 15 is 0 Å². The van der Waals surface area contributed by atoms with Crippen molar-refractivity contribution in [2.45, 2.75) is 25.2 Å². The van der Waals surface area contributed by atoms with Crippen LogP contribution in [0.1, 0.15) is 25.5 Å². The topological polar surface area (TPSA) is 78.4 Å². The Morgan fingerprint density at radius 2 is 1.95 bits per heavy atom. The Bertz CT molecular complexity index is 439. The molecule has 0 aliphatic rings. The number of nitrogens with one attached hydrogen (secondary N) is 2. The Labute approximate surface area is 123 Å². The Balaban J connectivity index is 2.37. The van der Waals surface area contributed by atoms with E-state index in [1.807, 2.05) is 30.3 Å². The average molecular weight is 296 g/mol. The van der Waals surface area contributed by atoms with Gasteiger partial charge in [-0.2, -0.15) is 0 Å². The number of urea groups is 1. The van der Waals surface area contributed by atoms with Crippen LogP contribution in [0.4, 0.5) is 4.79 Å². The van der Waals surface area contributed by atoms with Crippen molar-refractivity contribution in [1.82, 2.24) is 10.6 Å². The first kappa shape index (κ1) is 16.5. The van der Waals surface area contributed by atoms with E-state index in [2.05, 4.69) is 10.6 Å². The summed E-state index contributed by atoms with van der Waals surface area (Å²) >= 11 is 1.31. The van der Waals surface area contributed by atoms with Crippen LogP contribution in [0.5, 0.6) is 0 Å². The van der Waals surface area contributed by atoms with E-state index < -0.39 is 17.4 Å². The molecule has 3 amide bonds. The van der Waals surface area contributed by atoms with Crippen LogP contribution in [0, 0.1) is 0 Å². The number of aliphatic hydroxyl groups excluding tert-OH is 1. The van der Waals surface area contributed by atoms with Gasteiger partial charge in [0.05, 0.1) is 11.4 Å². The smallest absolute Gasteiger partial charge is 0.321 e. The van der Waals surface area contributed by atoms with Crippen molar-refractivity contribution >= 4 is 23.7 Å². The van der Waals surface area contributed by atoms with Gasteiger partial charge in [-0.15, -0.1) is 11.8 Å². The quantitative estimate of drug-likeness (QED) is 0.746. The Hall–Kier alpha value is -1.53. The summed E-state index contributed by atoms with van der Waals surface area (Å²) in [5.74, 6) is 0.0368. The summed E-state index contributed by atoms with van der Waals surface area (Å²) in [5.41, 5.74) is 0.816. The Morgan fingerprint density at radius 1 is 1.30 bits per heavy atom. The fraction of sp³-hybridized carbons (Fsp3) is 0.429. The van der Waals surface area contributed by atoms with E-state index in [9.17, 15) is 14.7 Å². The van der Waals surface area contributed by atoms with Crippen LogP contribution in [0.3, 0.4) is 0 Å². The molecule has 0 spiro atoms. The minimum atomic E-state index is -0.624. The second-order valence-electron chi connectivity index (χ2n) is 4.25. The van der Waals surface area contributed by atoms with Crippen LogP contribution < -0.4 is 10.6 Å². The van der Waals surface area contributed by atoms with Gasteiger partial charge in [-0.25, -0.2) is 4.79 Å². The molecule has 0 saturated carbocycles. The second kappa shape index (κ2) is 8.60. The van der Waals surface area contributed by atoms with Gasteiger partial charge in [-0.1, -0.05) is 30.3 Å². The maximum absolute atomic E-state index is 11.7. The number of imide groups is 1. The molecule has 20 heavy (non-hydrogen) atoms. The lowest BCUT2D eigenvalue weighted by Crippen LogP contribution is -2.42. The summed E-state index contributed by atoms with van der Waals surface area (Å²) in [4.78, 5) is 22.9. The van der Waals surface area contributed by atoms with E-state index in [1.54, 1.807) is 13.8 Å². The summed E-state index contributed by atoms with van der Waals surface area (Å²) in [6, 6.07) is 8.78. The molecule has 0 radical (unpaired) electrons. The van der Waals surface area contributed by atoms with Crippen molar-refractivity contribution in [2.75, 3.05) is 12.3 Å². The molecule has 0 aliphatic heterocycles. The van der Waals surface area contributed by atoms with Crippen molar-refractivity contribution in [2.24, 2.45) is 0 Å². The maximum Gasteiger partial charge on any atom is 0.321 e. The fourth-order valence-electron chi connectivity index (χ4n) is 1.50. The number of hydrogen-bond acceptors (Lipinski definition) is 4. The Kier molecular flexibility index (Phi) is 7.11. The molecule has 1 rings (SSSR count). The van der Waals surface area contributed by atoms with Crippen LogP contribution in [0.25, 0.3) is 0 Å². The van der Waals surface area contributed by atoms with E-state index in [4.69, 9.17) is 0 Å². The second-order valence-corrected chi connectivity index (χ2v) is 5.62. The van der Waals surface area contributed by atoms with E-state index in [0.717, 1.165) is 5.56 Å². The number of benzene rings is 1. The van der Waals surface area contributed by atoms with Gasteiger partial charge < -0.3 is 10.4 Å². The number of amides is 3. The van der Waals surface area contributed by atoms with Gasteiger partial charge >= 0.3 is 6.03 Å². The third kappa shape index (κ3) is 5.63. The van der Waals surface area contributed by atoms with Gasteiger partial charge in [0, 0.05) is 12.3 Å². The highest BCUT2D eigenvalue weighted by molar-refractivity contribution is 8.00.